The molecular formula is C16H15NS. The molecule has 0 bridgehead atoms. The number of hydrogen-bond donors (Lipinski definition) is 0. The van der Waals surface area contributed by atoms with Crippen molar-refractivity contribution < 1.29 is 0 Å². The van der Waals surface area contributed by atoms with Crippen LogP contribution in [-0.2, 0) is 0 Å². The van der Waals surface area contributed by atoms with Crippen molar-refractivity contribution in [1.82, 2.24) is 0 Å². The highest BCUT2D eigenvalue weighted by molar-refractivity contribution is 8.00. The van der Waals surface area contributed by atoms with E-state index < -0.39 is 0 Å². The van der Waals surface area contributed by atoms with Crippen LogP contribution in [0, 0.1) is 6.92 Å². The molecule has 18 heavy (non-hydrogen) atoms. The lowest BCUT2D eigenvalue weighted by molar-refractivity contribution is 0.797. The number of nitrogens with zero attached hydrogens (tertiary/aromatic N) is 1. The zero-order valence-corrected chi connectivity index (χ0v) is 11.4. The Morgan fingerprint density at radius 3 is 2.78 bits per heavy atom. The van der Waals surface area contributed by atoms with Gasteiger partial charge in [-0.2, -0.15) is 0 Å². The molecule has 0 saturated carbocycles. The minimum absolute atomic E-state index is 0.541. The van der Waals surface area contributed by atoms with Crippen molar-refractivity contribution >= 4 is 17.4 Å². The third-order valence-corrected chi connectivity index (χ3v) is 5.51. The molecule has 0 spiro atoms. The predicted molar refractivity (Wildman–Crippen MR) is 77.5 cm³/mol. The van der Waals surface area contributed by atoms with Gasteiger partial charge >= 0.3 is 0 Å². The molecule has 2 heterocycles. The molecule has 2 atom stereocenters. The first-order valence-corrected chi connectivity index (χ1v) is 7.22. The zero-order chi connectivity index (χ0) is 12.3. The zero-order valence-electron chi connectivity index (χ0n) is 10.6. The summed E-state index contributed by atoms with van der Waals surface area (Å²) in [6, 6.07) is 15.7. The molecule has 2 aromatic carbocycles. The molecule has 0 fully saturated rings. The van der Waals surface area contributed by atoms with Crippen molar-refractivity contribution in [1.29, 1.82) is 0 Å². The van der Waals surface area contributed by atoms with Gasteiger partial charge in [-0.25, -0.2) is 0 Å². The Morgan fingerprint density at radius 2 is 1.89 bits per heavy atom. The molecule has 0 radical (unpaired) electrons. The Bertz CT molecular complexity index is 635. The van der Waals surface area contributed by atoms with Crippen LogP contribution in [0.2, 0.25) is 0 Å². The van der Waals surface area contributed by atoms with Crippen molar-refractivity contribution in [2.75, 3.05) is 11.9 Å². The Morgan fingerprint density at radius 1 is 1.06 bits per heavy atom. The first kappa shape index (κ1) is 10.5. The van der Waals surface area contributed by atoms with E-state index in [-0.39, 0.29) is 0 Å². The maximum Gasteiger partial charge on any atom is 0.0903 e. The van der Waals surface area contributed by atoms with E-state index in [9.17, 15) is 0 Å². The quantitative estimate of drug-likeness (QED) is 0.698. The monoisotopic (exact) mass is 253 g/mol. The third-order valence-electron chi connectivity index (χ3n) is 4.07. The van der Waals surface area contributed by atoms with Crippen LogP contribution in [0.3, 0.4) is 0 Å². The van der Waals surface area contributed by atoms with Gasteiger partial charge in [-0.1, -0.05) is 42.1 Å². The van der Waals surface area contributed by atoms with E-state index >= 15 is 0 Å². The first-order valence-electron chi connectivity index (χ1n) is 6.34. The summed E-state index contributed by atoms with van der Waals surface area (Å²) < 4.78 is 0. The van der Waals surface area contributed by atoms with E-state index in [2.05, 4.69) is 61.3 Å². The summed E-state index contributed by atoms with van der Waals surface area (Å²) in [6.07, 6.45) is 0. The van der Waals surface area contributed by atoms with E-state index in [1.54, 1.807) is 0 Å². The van der Waals surface area contributed by atoms with Crippen molar-refractivity contribution in [3.05, 3.63) is 59.2 Å². The van der Waals surface area contributed by atoms with Crippen LogP contribution in [0.25, 0.3) is 0 Å². The molecule has 1 nitrogen and oxygen atoms in total. The topological polar surface area (TPSA) is 3.24 Å². The Hall–Kier alpha value is -1.41. The molecule has 0 aromatic heterocycles. The molecular weight excluding hydrogens is 238 g/mol. The number of hydrogen-bond acceptors (Lipinski definition) is 2. The van der Waals surface area contributed by atoms with Crippen LogP contribution in [-0.4, -0.2) is 12.4 Å². The minimum Gasteiger partial charge on any atom is -0.361 e. The van der Waals surface area contributed by atoms with E-state index in [4.69, 9.17) is 0 Å². The van der Waals surface area contributed by atoms with Crippen LogP contribution in [0.15, 0.2) is 47.4 Å². The summed E-state index contributed by atoms with van der Waals surface area (Å²) >= 11 is 2.01. The maximum absolute atomic E-state index is 2.43. The lowest BCUT2D eigenvalue weighted by Crippen LogP contribution is -2.24. The molecule has 4 rings (SSSR count). The van der Waals surface area contributed by atoms with Gasteiger partial charge in [0.1, 0.15) is 0 Å². The Kier molecular flexibility index (Phi) is 2.07. The van der Waals surface area contributed by atoms with Gasteiger partial charge in [0.15, 0.2) is 0 Å². The van der Waals surface area contributed by atoms with Crippen molar-refractivity contribution in [3.63, 3.8) is 0 Å². The maximum atomic E-state index is 2.43. The normalized spacial score (nSPS) is 23.8. The molecule has 2 aliphatic rings. The van der Waals surface area contributed by atoms with Gasteiger partial charge in [-0.3, -0.25) is 0 Å². The second-order valence-corrected chi connectivity index (χ2v) is 6.36. The average molecular weight is 253 g/mol. The number of para-hydroxylation sites is 1. The van der Waals surface area contributed by atoms with Crippen LogP contribution >= 0.6 is 11.8 Å². The van der Waals surface area contributed by atoms with E-state index in [0.29, 0.717) is 11.3 Å². The van der Waals surface area contributed by atoms with Crippen LogP contribution < -0.4 is 4.90 Å². The largest absolute Gasteiger partial charge is 0.361 e. The second-order valence-electron chi connectivity index (χ2n) is 5.20. The fourth-order valence-electron chi connectivity index (χ4n) is 3.18. The van der Waals surface area contributed by atoms with Gasteiger partial charge in [-0.15, -0.1) is 0 Å². The highest BCUT2D eigenvalue weighted by Gasteiger charge is 2.43. The summed E-state index contributed by atoms with van der Waals surface area (Å²) in [6.45, 7) is 2.17. The van der Waals surface area contributed by atoms with Gasteiger partial charge in [0.25, 0.3) is 0 Å². The summed E-state index contributed by atoms with van der Waals surface area (Å²) in [4.78, 5) is 3.89. The van der Waals surface area contributed by atoms with E-state index in [1.165, 1.54) is 27.3 Å². The van der Waals surface area contributed by atoms with Gasteiger partial charge in [-0.05, 0) is 35.7 Å². The lowest BCUT2D eigenvalue weighted by atomic mass is 9.93. The number of benzene rings is 2. The molecule has 2 unspecified atom stereocenters. The lowest BCUT2D eigenvalue weighted by Gasteiger charge is -2.20. The first-order chi connectivity index (χ1) is 8.75. The fraction of sp³-hybridized carbons (Fsp3) is 0.250. The number of rotatable bonds is 0. The second kappa shape index (κ2) is 3.55. The molecule has 2 heteroatoms. The number of thioether (sulfide) groups is 1. The number of fused-ring (bicyclic) bond motifs is 5. The molecule has 0 N–H and O–H groups in total. The van der Waals surface area contributed by atoms with E-state index in [0.717, 1.165) is 0 Å². The Labute approximate surface area is 112 Å². The van der Waals surface area contributed by atoms with E-state index in [1.807, 2.05) is 11.8 Å². The van der Waals surface area contributed by atoms with Crippen molar-refractivity contribution in [2.24, 2.45) is 0 Å². The molecule has 2 aliphatic heterocycles. The third kappa shape index (κ3) is 1.24. The van der Waals surface area contributed by atoms with Crippen LogP contribution in [0.1, 0.15) is 22.6 Å². The molecule has 0 amide bonds. The predicted octanol–water partition coefficient (Wildman–Crippen LogP) is 4.01. The minimum atomic E-state index is 0.541. The van der Waals surface area contributed by atoms with Gasteiger partial charge < -0.3 is 4.90 Å². The molecule has 0 saturated heterocycles. The fourth-order valence-corrected chi connectivity index (χ4v) is 4.73. The average Bonchev–Trinajstić information content (AvgIpc) is 2.87. The Balaban J connectivity index is 1.93. The highest BCUT2D eigenvalue weighted by Crippen LogP contribution is 2.56. The summed E-state index contributed by atoms with van der Waals surface area (Å²) in [5.41, 5.74) is 5.75. The molecule has 90 valence electrons. The van der Waals surface area contributed by atoms with Gasteiger partial charge in [0.2, 0.25) is 0 Å². The smallest absolute Gasteiger partial charge is 0.0903 e. The van der Waals surface area contributed by atoms with Gasteiger partial charge in [0, 0.05) is 23.5 Å². The number of likely N-dealkylation sites (N-methyl/N-ethyl adjacent to an activating group) is 1. The number of anilines is 1. The highest BCUT2D eigenvalue weighted by atomic mass is 32.2. The molecule has 0 aliphatic carbocycles. The summed E-state index contributed by atoms with van der Waals surface area (Å²) in [5.74, 6) is 0.548. The number of aryl methyl sites for hydroxylation is 1. The van der Waals surface area contributed by atoms with Gasteiger partial charge in [0.05, 0.1) is 5.37 Å². The summed E-state index contributed by atoms with van der Waals surface area (Å²) in [5, 5.41) is 0.541. The van der Waals surface area contributed by atoms with Crippen molar-refractivity contribution in [3.8, 4) is 0 Å². The molecule has 2 aromatic rings. The van der Waals surface area contributed by atoms with Crippen LogP contribution in [0.5, 0.6) is 0 Å². The van der Waals surface area contributed by atoms with Crippen LogP contribution in [0.4, 0.5) is 5.69 Å². The van der Waals surface area contributed by atoms with Crippen molar-refractivity contribution in [2.45, 2.75) is 23.1 Å². The summed E-state index contributed by atoms with van der Waals surface area (Å²) in [7, 11) is 2.22. The SMILES string of the molecule is Cc1ccc2c(c1)SC1C2c2ccccc2N1C. The standard InChI is InChI=1S/C16H15NS/c1-10-7-8-12-14(9-10)18-16-15(12)11-5-3-4-6-13(11)17(16)2/h3-9,15-16H,1-2H3.